The highest BCUT2D eigenvalue weighted by Gasteiger charge is 1.99. The molecule has 0 aliphatic rings. The molecule has 116 valence electrons. The van der Waals surface area contributed by atoms with Gasteiger partial charge in [-0.25, -0.2) is 0 Å². The predicted octanol–water partition coefficient (Wildman–Crippen LogP) is 3.91. The fourth-order valence-electron chi connectivity index (χ4n) is 1.81. The molecule has 0 radical (unpaired) electrons. The van der Waals surface area contributed by atoms with Crippen molar-refractivity contribution in [2.24, 2.45) is 0 Å². The second kappa shape index (κ2) is 9.02. The van der Waals surface area contributed by atoms with Gasteiger partial charge in [0.2, 0.25) is 0 Å². The second-order valence-corrected chi connectivity index (χ2v) is 4.92. The first-order valence-electron chi connectivity index (χ1n) is 7.21. The lowest BCUT2D eigenvalue weighted by atomic mass is 10.3. The summed E-state index contributed by atoms with van der Waals surface area (Å²) in [6.45, 7) is 3.82. The average Bonchev–Trinajstić information content (AvgIpc) is 2.54. The third-order valence-electron chi connectivity index (χ3n) is 2.84. The number of rotatable bonds is 7. The highest BCUT2D eigenvalue weighted by molar-refractivity contribution is 7.80. The summed E-state index contributed by atoms with van der Waals surface area (Å²) in [5.41, 5.74) is 1.86. The molecule has 0 bridgehead atoms. The molecule has 22 heavy (non-hydrogen) atoms. The molecule has 0 aromatic heterocycles. The molecule has 0 unspecified atom stereocenters. The van der Waals surface area contributed by atoms with Crippen LogP contribution >= 0.6 is 12.2 Å². The van der Waals surface area contributed by atoms with Crippen molar-refractivity contribution in [3.05, 3.63) is 54.6 Å². The Morgan fingerprint density at radius 1 is 0.909 bits per heavy atom. The van der Waals surface area contributed by atoms with Gasteiger partial charge in [-0.3, -0.25) is 0 Å². The Kier molecular flexibility index (Phi) is 6.67. The molecular formula is C17H20N2O2S. The van der Waals surface area contributed by atoms with Gasteiger partial charge in [0.1, 0.15) is 12.4 Å². The lowest BCUT2D eigenvalue weighted by Crippen LogP contribution is -2.18. The van der Waals surface area contributed by atoms with E-state index in [-0.39, 0.29) is 0 Å². The van der Waals surface area contributed by atoms with Crippen molar-refractivity contribution in [2.75, 3.05) is 30.5 Å². The molecule has 4 nitrogen and oxygen atoms in total. The van der Waals surface area contributed by atoms with Crippen LogP contribution in [0.5, 0.6) is 5.75 Å². The highest BCUT2D eigenvalue weighted by atomic mass is 32.1. The van der Waals surface area contributed by atoms with E-state index < -0.39 is 0 Å². The maximum Gasteiger partial charge on any atom is 0.175 e. The molecular weight excluding hydrogens is 296 g/mol. The molecule has 2 aromatic rings. The number of anilines is 2. The minimum absolute atomic E-state index is 0.550. The van der Waals surface area contributed by atoms with Crippen LogP contribution in [0.1, 0.15) is 6.92 Å². The van der Waals surface area contributed by atoms with Crippen LogP contribution in [0.25, 0.3) is 0 Å². The molecule has 0 heterocycles. The number of benzene rings is 2. The van der Waals surface area contributed by atoms with Gasteiger partial charge in [-0.1, -0.05) is 18.2 Å². The van der Waals surface area contributed by atoms with E-state index in [0.717, 1.165) is 17.1 Å². The van der Waals surface area contributed by atoms with E-state index in [2.05, 4.69) is 10.6 Å². The van der Waals surface area contributed by atoms with Crippen LogP contribution in [-0.4, -0.2) is 24.9 Å². The summed E-state index contributed by atoms with van der Waals surface area (Å²) >= 11 is 5.28. The zero-order valence-electron chi connectivity index (χ0n) is 12.5. The topological polar surface area (TPSA) is 42.5 Å². The Morgan fingerprint density at radius 3 is 2.18 bits per heavy atom. The summed E-state index contributed by atoms with van der Waals surface area (Å²) < 4.78 is 10.8. The second-order valence-electron chi connectivity index (χ2n) is 4.51. The van der Waals surface area contributed by atoms with Crippen LogP contribution in [0.2, 0.25) is 0 Å². The molecule has 0 saturated heterocycles. The Balaban J connectivity index is 1.79. The van der Waals surface area contributed by atoms with Crippen LogP contribution in [0.3, 0.4) is 0 Å². The third-order valence-corrected chi connectivity index (χ3v) is 3.05. The molecule has 2 aromatic carbocycles. The smallest absolute Gasteiger partial charge is 0.175 e. The monoisotopic (exact) mass is 316 g/mol. The van der Waals surface area contributed by atoms with Crippen molar-refractivity contribution >= 4 is 28.7 Å². The Hall–Kier alpha value is -2.11. The van der Waals surface area contributed by atoms with E-state index in [1.807, 2.05) is 61.5 Å². The Morgan fingerprint density at radius 2 is 1.55 bits per heavy atom. The molecule has 0 saturated carbocycles. The van der Waals surface area contributed by atoms with Crippen molar-refractivity contribution in [3.8, 4) is 5.75 Å². The largest absolute Gasteiger partial charge is 0.491 e. The van der Waals surface area contributed by atoms with Crippen molar-refractivity contribution < 1.29 is 9.47 Å². The van der Waals surface area contributed by atoms with E-state index >= 15 is 0 Å². The standard InChI is InChI=1S/C17H20N2O2S/c1-2-20-12-13-21-16-10-8-15(9-11-16)19-17(22)18-14-6-4-3-5-7-14/h3-11H,2,12-13H2,1H3,(H2,18,19,22). The van der Waals surface area contributed by atoms with Gasteiger partial charge in [0.05, 0.1) is 6.61 Å². The number of para-hydroxylation sites is 1. The molecule has 2 rings (SSSR count). The molecule has 2 N–H and O–H groups in total. The van der Waals surface area contributed by atoms with Crippen LogP contribution in [0, 0.1) is 0 Å². The van der Waals surface area contributed by atoms with E-state index in [1.54, 1.807) is 0 Å². The molecule has 5 heteroatoms. The summed E-state index contributed by atoms with van der Waals surface area (Å²) in [5.74, 6) is 0.812. The van der Waals surface area contributed by atoms with E-state index in [0.29, 0.717) is 24.9 Å². The van der Waals surface area contributed by atoms with Gasteiger partial charge in [0.15, 0.2) is 5.11 Å². The summed E-state index contributed by atoms with van der Waals surface area (Å²) in [6.07, 6.45) is 0. The number of thiocarbonyl (C=S) groups is 1. The molecule has 0 amide bonds. The third kappa shape index (κ3) is 5.71. The fourth-order valence-corrected chi connectivity index (χ4v) is 2.05. The predicted molar refractivity (Wildman–Crippen MR) is 94.7 cm³/mol. The van der Waals surface area contributed by atoms with Crippen molar-refractivity contribution in [3.63, 3.8) is 0 Å². The normalized spacial score (nSPS) is 10.0. The quantitative estimate of drug-likeness (QED) is 0.599. The summed E-state index contributed by atoms with van der Waals surface area (Å²) in [4.78, 5) is 0. The number of nitrogens with one attached hydrogen (secondary N) is 2. The van der Waals surface area contributed by atoms with Crippen LogP contribution in [0.4, 0.5) is 11.4 Å². The van der Waals surface area contributed by atoms with Crippen molar-refractivity contribution in [1.29, 1.82) is 0 Å². The van der Waals surface area contributed by atoms with Gasteiger partial charge in [0, 0.05) is 18.0 Å². The maximum atomic E-state index is 5.56. The molecule has 0 aliphatic carbocycles. The summed E-state index contributed by atoms with van der Waals surface area (Å²) in [6, 6.07) is 17.5. The Labute approximate surface area is 136 Å². The van der Waals surface area contributed by atoms with Crippen LogP contribution in [-0.2, 0) is 4.74 Å². The van der Waals surface area contributed by atoms with Crippen molar-refractivity contribution in [2.45, 2.75) is 6.92 Å². The summed E-state index contributed by atoms with van der Waals surface area (Å²) in [7, 11) is 0. The number of hydrogen-bond donors (Lipinski definition) is 2. The van der Waals surface area contributed by atoms with Gasteiger partial charge in [-0.05, 0) is 55.5 Å². The lowest BCUT2D eigenvalue weighted by Gasteiger charge is -2.11. The first-order chi connectivity index (χ1) is 10.8. The summed E-state index contributed by atoms with van der Waals surface area (Å²) in [5, 5.41) is 6.81. The zero-order valence-corrected chi connectivity index (χ0v) is 13.4. The van der Waals surface area contributed by atoms with Gasteiger partial charge < -0.3 is 20.1 Å². The first-order valence-corrected chi connectivity index (χ1v) is 7.62. The molecule has 0 atom stereocenters. The van der Waals surface area contributed by atoms with Gasteiger partial charge in [-0.15, -0.1) is 0 Å². The molecule has 0 fully saturated rings. The molecule has 0 spiro atoms. The minimum atomic E-state index is 0.550. The lowest BCUT2D eigenvalue weighted by molar-refractivity contribution is 0.110. The van der Waals surface area contributed by atoms with E-state index in [4.69, 9.17) is 21.7 Å². The fraction of sp³-hybridized carbons (Fsp3) is 0.235. The van der Waals surface area contributed by atoms with Gasteiger partial charge in [0.25, 0.3) is 0 Å². The van der Waals surface area contributed by atoms with Crippen LogP contribution in [0.15, 0.2) is 54.6 Å². The van der Waals surface area contributed by atoms with E-state index in [1.165, 1.54) is 0 Å². The van der Waals surface area contributed by atoms with E-state index in [9.17, 15) is 0 Å². The Bertz CT molecular complexity index is 573. The average molecular weight is 316 g/mol. The SMILES string of the molecule is CCOCCOc1ccc(NC(=S)Nc2ccccc2)cc1. The zero-order chi connectivity index (χ0) is 15.6. The van der Waals surface area contributed by atoms with Crippen molar-refractivity contribution in [1.82, 2.24) is 0 Å². The van der Waals surface area contributed by atoms with Gasteiger partial charge in [-0.2, -0.15) is 0 Å². The number of ether oxygens (including phenoxy) is 2. The number of hydrogen-bond acceptors (Lipinski definition) is 3. The highest BCUT2D eigenvalue weighted by Crippen LogP contribution is 2.16. The first kappa shape index (κ1) is 16.3. The maximum absolute atomic E-state index is 5.56. The van der Waals surface area contributed by atoms with Crippen LogP contribution < -0.4 is 15.4 Å². The minimum Gasteiger partial charge on any atom is -0.491 e. The molecule has 0 aliphatic heterocycles. The van der Waals surface area contributed by atoms with Gasteiger partial charge >= 0.3 is 0 Å².